The van der Waals surface area contributed by atoms with Gasteiger partial charge in [0.1, 0.15) is 5.82 Å². The molecule has 0 bridgehead atoms. The van der Waals surface area contributed by atoms with E-state index in [0.29, 0.717) is 10.8 Å². The number of rotatable bonds is 3. The Bertz CT molecular complexity index is 855. The Morgan fingerprint density at radius 1 is 1.09 bits per heavy atom. The van der Waals surface area contributed by atoms with Crippen LogP contribution in [0.2, 0.25) is 5.02 Å². The molecule has 1 heterocycles. The van der Waals surface area contributed by atoms with Crippen molar-refractivity contribution in [3.63, 3.8) is 0 Å². The van der Waals surface area contributed by atoms with E-state index in [0.717, 1.165) is 16.9 Å². The van der Waals surface area contributed by atoms with Crippen molar-refractivity contribution in [1.29, 1.82) is 0 Å². The molecule has 23 heavy (non-hydrogen) atoms. The van der Waals surface area contributed by atoms with E-state index >= 15 is 0 Å². The molecule has 6 heteroatoms. The number of amides is 1. The summed E-state index contributed by atoms with van der Waals surface area (Å²) in [6.45, 7) is 3.73. The minimum Gasteiger partial charge on any atom is -0.319 e. The number of anilines is 1. The van der Waals surface area contributed by atoms with Crippen LogP contribution in [0.5, 0.6) is 0 Å². The number of hydrogen-bond donors (Lipinski definition) is 1. The van der Waals surface area contributed by atoms with Crippen molar-refractivity contribution in [3.05, 3.63) is 70.8 Å². The average Bonchev–Trinajstić information content (AvgIpc) is 2.92. The van der Waals surface area contributed by atoms with Gasteiger partial charge in [0, 0.05) is 10.7 Å². The molecule has 0 radical (unpaired) electrons. The molecule has 1 N–H and O–H groups in total. The molecule has 3 rings (SSSR count). The Labute approximate surface area is 138 Å². The Morgan fingerprint density at radius 2 is 1.78 bits per heavy atom. The summed E-state index contributed by atoms with van der Waals surface area (Å²) >= 11 is 5.89. The molecule has 1 aromatic heterocycles. The maximum atomic E-state index is 12.3. The highest BCUT2D eigenvalue weighted by molar-refractivity contribution is 6.30. The van der Waals surface area contributed by atoms with E-state index < -0.39 is 0 Å². The summed E-state index contributed by atoms with van der Waals surface area (Å²) in [5.74, 6) is 0.415. The van der Waals surface area contributed by atoms with Gasteiger partial charge in [-0.2, -0.15) is 0 Å². The Morgan fingerprint density at radius 3 is 2.48 bits per heavy atom. The molecule has 0 saturated carbocycles. The number of hydrogen-bond acceptors (Lipinski definition) is 3. The summed E-state index contributed by atoms with van der Waals surface area (Å²) in [4.78, 5) is 16.6. The molecular weight excluding hydrogens is 312 g/mol. The van der Waals surface area contributed by atoms with Gasteiger partial charge in [-0.25, -0.2) is 9.67 Å². The van der Waals surface area contributed by atoms with Gasteiger partial charge in [-0.05, 0) is 49.7 Å². The number of carbonyl (C=O) groups is 1. The van der Waals surface area contributed by atoms with E-state index in [2.05, 4.69) is 15.4 Å². The Balaban J connectivity index is 1.87. The lowest BCUT2D eigenvalue weighted by molar-refractivity contribution is 0.101. The molecule has 0 aliphatic heterocycles. The van der Waals surface area contributed by atoms with Crippen LogP contribution in [0, 0.1) is 13.8 Å². The van der Waals surface area contributed by atoms with Gasteiger partial charge in [-0.3, -0.25) is 4.79 Å². The number of carbonyl (C=O) groups excluding carboxylic acids is 1. The Kier molecular flexibility index (Phi) is 4.12. The highest BCUT2D eigenvalue weighted by Gasteiger charge is 2.16. The highest BCUT2D eigenvalue weighted by Crippen LogP contribution is 2.16. The molecule has 0 atom stereocenters. The van der Waals surface area contributed by atoms with E-state index in [-0.39, 0.29) is 11.7 Å². The molecule has 0 aliphatic carbocycles. The SMILES string of the molecule is Cc1ccccc1NC(=O)c1nc(C)n(-c2ccc(Cl)cc2)n1. The third-order valence-corrected chi connectivity index (χ3v) is 3.69. The number of aromatic nitrogens is 3. The molecule has 1 amide bonds. The van der Waals surface area contributed by atoms with Crippen LogP contribution in [0.3, 0.4) is 0 Å². The first kappa shape index (κ1) is 15.2. The lowest BCUT2D eigenvalue weighted by Gasteiger charge is -2.05. The highest BCUT2D eigenvalue weighted by atomic mass is 35.5. The lowest BCUT2D eigenvalue weighted by atomic mass is 10.2. The van der Waals surface area contributed by atoms with Gasteiger partial charge in [0.05, 0.1) is 5.69 Å². The van der Waals surface area contributed by atoms with Crippen molar-refractivity contribution >= 4 is 23.2 Å². The number of aryl methyl sites for hydroxylation is 2. The number of para-hydroxylation sites is 1. The van der Waals surface area contributed by atoms with E-state index in [1.165, 1.54) is 0 Å². The zero-order valence-electron chi connectivity index (χ0n) is 12.7. The summed E-state index contributed by atoms with van der Waals surface area (Å²) in [5.41, 5.74) is 2.53. The second-order valence-corrected chi connectivity index (χ2v) is 5.58. The topological polar surface area (TPSA) is 59.8 Å². The zero-order valence-corrected chi connectivity index (χ0v) is 13.5. The summed E-state index contributed by atoms with van der Waals surface area (Å²) in [6, 6.07) is 14.8. The number of halogens is 1. The van der Waals surface area contributed by atoms with Gasteiger partial charge in [0.15, 0.2) is 0 Å². The molecule has 2 aromatic carbocycles. The zero-order chi connectivity index (χ0) is 16.4. The van der Waals surface area contributed by atoms with Crippen LogP contribution in [0.25, 0.3) is 5.69 Å². The van der Waals surface area contributed by atoms with Gasteiger partial charge in [0.2, 0.25) is 5.82 Å². The molecule has 3 aromatic rings. The third-order valence-electron chi connectivity index (χ3n) is 3.44. The van der Waals surface area contributed by atoms with Crippen molar-refractivity contribution in [2.24, 2.45) is 0 Å². The first-order chi connectivity index (χ1) is 11.0. The van der Waals surface area contributed by atoms with Gasteiger partial charge >= 0.3 is 0 Å². The fourth-order valence-corrected chi connectivity index (χ4v) is 2.33. The molecule has 5 nitrogen and oxygen atoms in total. The standard InChI is InChI=1S/C17H15ClN4O/c1-11-5-3-4-6-15(11)20-17(23)16-19-12(2)22(21-16)14-9-7-13(18)8-10-14/h3-10H,1-2H3,(H,20,23). The summed E-state index contributed by atoms with van der Waals surface area (Å²) in [6.07, 6.45) is 0. The minimum absolute atomic E-state index is 0.126. The first-order valence-electron chi connectivity index (χ1n) is 7.11. The Hall–Kier alpha value is -2.66. The molecule has 0 spiro atoms. The normalized spacial score (nSPS) is 10.6. The van der Waals surface area contributed by atoms with Crippen LogP contribution >= 0.6 is 11.6 Å². The summed E-state index contributed by atoms with van der Waals surface area (Å²) < 4.78 is 1.61. The maximum Gasteiger partial charge on any atom is 0.295 e. The van der Waals surface area contributed by atoms with Gasteiger partial charge in [-0.15, -0.1) is 5.10 Å². The number of nitrogens with zero attached hydrogens (tertiary/aromatic N) is 3. The van der Waals surface area contributed by atoms with Crippen molar-refractivity contribution in [3.8, 4) is 5.69 Å². The fourth-order valence-electron chi connectivity index (χ4n) is 2.20. The second kappa shape index (κ2) is 6.22. The van der Waals surface area contributed by atoms with Gasteiger partial charge < -0.3 is 5.32 Å². The van der Waals surface area contributed by atoms with Crippen molar-refractivity contribution < 1.29 is 4.79 Å². The van der Waals surface area contributed by atoms with E-state index in [9.17, 15) is 4.79 Å². The van der Waals surface area contributed by atoms with Crippen molar-refractivity contribution in [1.82, 2.24) is 14.8 Å². The largest absolute Gasteiger partial charge is 0.319 e. The lowest BCUT2D eigenvalue weighted by Crippen LogP contribution is -2.15. The number of benzene rings is 2. The van der Waals surface area contributed by atoms with Crippen molar-refractivity contribution in [2.75, 3.05) is 5.32 Å². The van der Waals surface area contributed by atoms with Crippen LogP contribution in [0.1, 0.15) is 22.0 Å². The minimum atomic E-state index is -0.338. The second-order valence-electron chi connectivity index (χ2n) is 5.14. The fraction of sp³-hybridized carbons (Fsp3) is 0.118. The number of nitrogens with one attached hydrogen (secondary N) is 1. The predicted octanol–water partition coefficient (Wildman–Crippen LogP) is 3.79. The molecule has 0 fully saturated rings. The summed E-state index contributed by atoms with van der Waals surface area (Å²) in [5, 5.41) is 7.76. The van der Waals surface area contributed by atoms with E-state index in [1.54, 1.807) is 23.7 Å². The van der Waals surface area contributed by atoms with Crippen LogP contribution in [0.4, 0.5) is 5.69 Å². The van der Waals surface area contributed by atoms with Crippen LogP contribution in [-0.2, 0) is 0 Å². The van der Waals surface area contributed by atoms with E-state index in [1.807, 2.05) is 43.3 Å². The van der Waals surface area contributed by atoms with Crippen LogP contribution in [0.15, 0.2) is 48.5 Å². The predicted molar refractivity (Wildman–Crippen MR) is 90.2 cm³/mol. The summed E-state index contributed by atoms with van der Waals surface area (Å²) in [7, 11) is 0. The third kappa shape index (κ3) is 3.24. The quantitative estimate of drug-likeness (QED) is 0.796. The average molecular weight is 327 g/mol. The molecule has 0 aliphatic rings. The van der Waals surface area contributed by atoms with Crippen molar-refractivity contribution in [2.45, 2.75) is 13.8 Å². The van der Waals surface area contributed by atoms with Gasteiger partial charge in [-0.1, -0.05) is 29.8 Å². The molecule has 116 valence electrons. The first-order valence-corrected chi connectivity index (χ1v) is 7.49. The molecular formula is C17H15ClN4O. The van der Waals surface area contributed by atoms with Crippen LogP contribution in [-0.4, -0.2) is 20.7 Å². The maximum absolute atomic E-state index is 12.3. The van der Waals surface area contributed by atoms with E-state index in [4.69, 9.17) is 11.6 Å². The molecule has 0 unspecified atom stereocenters. The van der Waals surface area contributed by atoms with Gasteiger partial charge in [0.25, 0.3) is 5.91 Å². The van der Waals surface area contributed by atoms with Crippen LogP contribution < -0.4 is 5.32 Å². The smallest absolute Gasteiger partial charge is 0.295 e. The monoisotopic (exact) mass is 326 g/mol. The molecule has 0 saturated heterocycles.